The molecule has 0 aromatic heterocycles. The molecule has 4 aliphatic rings. The monoisotopic (exact) mass is 546 g/mol. The van der Waals surface area contributed by atoms with E-state index in [0.717, 1.165) is 38.5 Å². The van der Waals surface area contributed by atoms with E-state index in [-0.39, 0.29) is 40.3 Å². The van der Waals surface area contributed by atoms with Crippen molar-refractivity contribution in [2.24, 2.45) is 51.8 Å². The van der Waals surface area contributed by atoms with E-state index in [9.17, 15) is 9.90 Å². The number of aliphatic hydroxyl groups is 1. The van der Waals surface area contributed by atoms with E-state index < -0.39 is 0 Å². The number of fused-ring (bicyclic) bond motifs is 4. The Bertz CT molecular complexity index is 1150. The molecule has 2 saturated carbocycles. The van der Waals surface area contributed by atoms with E-state index in [1.165, 1.54) is 6.42 Å². The van der Waals surface area contributed by atoms with Crippen LogP contribution in [0, 0.1) is 51.8 Å². The predicted octanol–water partition coefficient (Wildman–Crippen LogP) is 9.03. The number of hydrogen-bond donors (Lipinski definition) is 1. The summed E-state index contributed by atoms with van der Waals surface area (Å²) in [7, 11) is 0. The van der Waals surface area contributed by atoms with Crippen LogP contribution < -0.4 is 0 Å². The van der Waals surface area contributed by atoms with E-state index in [1.54, 1.807) is 11.1 Å². The summed E-state index contributed by atoms with van der Waals surface area (Å²) in [5, 5.41) is 11.6. The summed E-state index contributed by atoms with van der Waals surface area (Å²) in [6.45, 7) is 19.0. The van der Waals surface area contributed by atoms with Crippen LogP contribution in [0.5, 0.6) is 0 Å². The summed E-state index contributed by atoms with van der Waals surface area (Å²) in [6, 6.07) is 9.43. The van der Waals surface area contributed by atoms with Crippen LogP contribution in [0.3, 0.4) is 0 Å². The molecule has 3 nitrogen and oxygen atoms in total. The lowest BCUT2D eigenvalue weighted by Crippen LogP contribution is -2.55. The number of carbonyl (C=O) groups excluding carboxylic acids is 1. The Labute approximate surface area is 243 Å². The van der Waals surface area contributed by atoms with Gasteiger partial charge in [-0.1, -0.05) is 96.9 Å². The maximum atomic E-state index is 13.0. The molecular formula is C37H54O3. The zero-order valence-electron chi connectivity index (χ0n) is 26.4. The Morgan fingerprint density at radius 2 is 1.68 bits per heavy atom. The quantitative estimate of drug-likeness (QED) is 0.286. The van der Waals surface area contributed by atoms with Gasteiger partial charge < -0.3 is 9.84 Å². The standard InChI is InChI=1S/C37H54O3/c1-23(2)24(3)14-15-25(4)29-22-30(38)33-27-16-17-31-35(5,6)32(40-34(39)26-12-10-9-11-13-26)19-21-36(31,7)28(27)18-20-37(29,33)8/h9-15,23-25,29-33,38H,16-22H2,1-8H3/t24-,25+,29+,30-,31-,32-,33-,36+,37+/m0/s1. The van der Waals surface area contributed by atoms with Crippen LogP contribution in [-0.2, 0) is 4.74 Å². The van der Waals surface area contributed by atoms with Crippen molar-refractivity contribution in [1.29, 1.82) is 0 Å². The summed E-state index contributed by atoms with van der Waals surface area (Å²) >= 11 is 0. The summed E-state index contributed by atoms with van der Waals surface area (Å²) in [6.07, 6.45) is 12.0. The van der Waals surface area contributed by atoms with Crippen molar-refractivity contribution < 1.29 is 14.6 Å². The third kappa shape index (κ3) is 4.83. The van der Waals surface area contributed by atoms with Crippen LogP contribution in [0.25, 0.3) is 0 Å². The number of aliphatic hydroxyl groups excluding tert-OH is 1. The van der Waals surface area contributed by atoms with Crippen LogP contribution in [0.4, 0.5) is 0 Å². The fourth-order valence-electron chi connectivity index (χ4n) is 9.89. The minimum Gasteiger partial charge on any atom is -0.458 e. The number of allylic oxidation sites excluding steroid dienone is 3. The Kier molecular flexibility index (Phi) is 7.96. The molecule has 0 unspecified atom stereocenters. The molecule has 0 heterocycles. The molecule has 0 radical (unpaired) electrons. The van der Waals surface area contributed by atoms with Gasteiger partial charge in [0.15, 0.2) is 0 Å². The number of hydrogen-bond acceptors (Lipinski definition) is 3. The molecule has 0 bridgehead atoms. The first-order valence-corrected chi connectivity index (χ1v) is 16.2. The largest absolute Gasteiger partial charge is 0.458 e. The zero-order chi connectivity index (χ0) is 29.0. The summed E-state index contributed by atoms with van der Waals surface area (Å²) in [5.41, 5.74) is 4.07. The Balaban J connectivity index is 1.38. The number of benzene rings is 1. The van der Waals surface area contributed by atoms with Crippen molar-refractivity contribution in [1.82, 2.24) is 0 Å². The second-order valence-corrected chi connectivity index (χ2v) is 15.4. The third-order valence-electron chi connectivity index (χ3n) is 12.6. The van der Waals surface area contributed by atoms with E-state index >= 15 is 0 Å². The van der Waals surface area contributed by atoms with Gasteiger partial charge in [-0.2, -0.15) is 0 Å². The van der Waals surface area contributed by atoms with Crippen LogP contribution in [0.2, 0.25) is 0 Å². The van der Waals surface area contributed by atoms with Crippen LogP contribution >= 0.6 is 0 Å². The number of carbonyl (C=O) groups is 1. The lowest BCUT2D eigenvalue weighted by Gasteiger charge is -2.60. The Morgan fingerprint density at radius 1 is 0.975 bits per heavy atom. The fourth-order valence-corrected chi connectivity index (χ4v) is 9.89. The zero-order valence-corrected chi connectivity index (χ0v) is 26.4. The predicted molar refractivity (Wildman–Crippen MR) is 164 cm³/mol. The highest BCUT2D eigenvalue weighted by atomic mass is 16.5. The number of esters is 1. The SMILES string of the molecule is CC(C)[C@@H](C)C=C[C@@H](C)[C@H]1C[C@H](O)[C@@H]2C3=C(CC[C@]12C)[C@@]1(C)CC[C@H](OC(=O)c2ccccc2)C(C)(C)[C@@H]1CC3. The van der Waals surface area contributed by atoms with E-state index in [0.29, 0.717) is 35.2 Å². The Morgan fingerprint density at radius 3 is 2.35 bits per heavy atom. The normalized spacial score (nSPS) is 38.5. The molecule has 40 heavy (non-hydrogen) atoms. The van der Waals surface area contributed by atoms with E-state index in [1.807, 2.05) is 30.3 Å². The molecule has 1 N–H and O–H groups in total. The first-order valence-electron chi connectivity index (χ1n) is 16.2. The average molecular weight is 547 g/mol. The van der Waals surface area contributed by atoms with Crippen molar-refractivity contribution in [2.75, 3.05) is 0 Å². The second kappa shape index (κ2) is 10.8. The van der Waals surface area contributed by atoms with E-state index in [4.69, 9.17) is 4.74 Å². The van der Waals surface area contributed by atoms with Gasteiger partial charge in [0, 0.05) is 11.3 Å². The van der Waals surface area contributed by atoms with Crippen LogP contribution in [0.1, 0.15) is 111 Å². The van der Waals surface area contributed by atoms with Gasteiger partial charge in [-0.25, -0.2) is 4.79 Å². The van der Waals surface area contributed by atoms with Gasteiger partial charge in [-0.3, -0.25) is 0 Å². The number of rotatable bonds is 6. The van der Waals surface area contributed by atoms with Gasteiger partial charge in [0.1, 0.15) is 6.10 Å². The van der Waals surface area contributed by atoms with Crippen LogP contribution in [-0.4, -0.2) is 23.3 Å². The Hall–Kier alpha value is -1.87. The van der Waals surface area contributed by atoms with Gasteiger partial charge in [0.05, 0.1) is 11.7 Å². The molecule has 0 saturated heterocycles. The molecule has 0 spiro atoms. The summed E-state index contributed by atoms with van der Waals surface area (Å²) < 4.78 is 6.22. The molecule has 2 fully saturated rings. The van der Waals surface area contributed by atoms with Crippen LogP contribution in [0.15, 0.2) is 53.6 Å². The van der Waals surface area contributed by atoms with Crippen molar-refractivity contribution >= 4 is 5.97 Å². The topological polar surface area (TPSA) is 46.5 Å². The highest BCUT2D eigenvalue weighted by Gasteiger charge is 2.61. The smallest absolute Gasteiger partial charge is 0.338 e. The summed E-state index contributed by atoms with van der Waals surface area (Å²) in [5.74, 6) is 2.80. The highest BCUT2D eigenvalue weighted by Crippen LogP contribution is 2.68. The molecule has 220 valence electrons. The molecule has 1 aromatic rings. The van der Waals surface area contributed by atoms with Gasteiger partial charge in [0.2, 0.25) is 0 Å². The van der Waals surface area contributed by atoms with Crippen molar-refractivity contribution in [3.05, 3.63) is 59.2 Å². The molecule has 0 amide bonds. The molecule has 4 aliphatic carbocycles. The molecule has 5 rings (SSSR count). The molecule has 9 atom stereocenters. The lowest BCUT2D eigenvalue weighted by molar-refractivity contribution is -0.102. The third-order valence-corrected chi connectivity index (χ3v) is 12.6. The minimum absolute atomic E-state index is 0.0726. The van der Waals surface area contributed by atoms with Crippen molar-refractivity contribution in [3.63, 3.8) is 0 Å². The maximum absolute atomic E-state index is 13.0. The lowest BCUT2D eigenvalue weighted by atomic mass is 9.45. The van der Waals surface area contributed by atoms with E-state index in [2.05, 4.69) is 67.5 Å². The van der Waals surface area contributed by atoms with Gasteiger partial charge in [0.25, 0.3) is 0 Å². The average Bonchev–Trinajstić information content (AvgIpc) is 3.19. The molecule has 1 aromatic carbocycles. The first kappa shape index (κ1) is 29.6. The molecular weight excluding hydrogens is 492 g/mol. The first-order chi connectivity index (χ1) is 18.8. The second-order valence-electron chi connectivity index (χ2n) is 15.4. The fraction of sp³-hybridized carbons (Fsp3) is 0.703. The molecule has 0 aliphatic heterocycles. The highest BCUT2D eigenvalue weighted by molar-refractivity contribution is 5.89. The number of ether oxygens (including phenoxy) is 1. The summed E-state index contributed by atoms with van der Waals surface area (Å²) in [4.78, 5) is 13.0. The van der Waals surface area contributed by atoms with Crippen molar-refractivity contribution in [3.8, 4) is 0 Å². The van der Waals surface area contributed by atoms with Gasteiger partial charge >= 0.3 is 5.97 Å². The van der Waals surface area contributed by atoms with Crippen molar-refractivity contribution in [2.45, 2.75) is 113 Å². The van der Waals surface area contributed by atoms with Gasteiger partial charge in [-0.05, 0) is 97.5 Å². The van der Waals surface area contributed by atoms with Gasteiger partial charge in [-0.15, -0.1) is 0 Å². The minimum atomic E-state index is -0.241. The molecule has 3 heteroatoms. The maximum Gasteiger partial charge on any atom is 0.338 e.